The number of aromatic nitrogens is 2. The third-order valence-electron chi connectivity index (χ3n) is 6.93. The molecule has 4 rings (SSSR count). The van der Waals surface area contributed by atoms with E-state index in [2.05, 4.69) is 15.2 Å². The summed E-state index contributed by atoms with van der Waals surface area (Å²) in [5.41, 5.74) is 4.96. The largest absolute Gasteiger partial charge is 0.497 e. The first-order valence-corrected chi connectivity index (χ1v) is 14.0. The number of ether oxygens (including phenoxy) is 4. The quantitative estimate of drug-likeness (QED) is 0.187. The molecule has 43 heavy (non-hydrogen) atoms. The highest BCUT2D eigenvalue weighted by molar-refractivity contribution is 5.90. The molecule has 0 bridgehead atoms. The van der Waals surface area contributed by atoms with E-state index < -0.39 is 6.09 Å². The van der Waals surface area contributed by atoms with Crippen molar-refractivity contribution in [2.24, 2.45) is 0 Å². The summed E-state index contributed by atoms with van der Waals surface area (Å²) in [6, 6.07) is 20.4. The van der Waals surface area contributed by atoms with Crippen molar-refractivity contribution >= 4 is 23.4 Å². The summed E-state index contributed by atoms with van der Waals surface area (Å²) in [7, 11) is 8.77. The van der Waals surface area contributed by atoms with Crippen LogP contribution in [0.3, 0.4) is 0 Å². The molecule has 0 aliphatic heterocycles. The van der Waals surface area contributed by atoms with E-state index in [4.69, 9.17) is 23.9 Å². The summed E-state index contributed by atoms with van der Waals surface area (Å²) < 4.78 is 22.4. The van der Waals surface area contributed by atoms with Gasteiger partial charge in [0.25, 0.3) is 0 Å². The van der Waals surface area contributed by atoms with Crippen LogP contribution in [0.2, 0.25) is 0 Å². The van der Waals surface area contributed by atoms with Gasteiger partial charge in [0.15, 0.2) is 0 Å². The summed E-state index contributed by atoms with van der Waals surface area (Å²) in [6.07, 6.45) is 0.284. The van der Waals surface area contributed by atoms with Gasteiger partial charge < -0.3 is 29.2 Å². The van der Waals surface area contributed by atoms with Gasteiger partial charge in [-0.2, -0.15) is 4.98 Å². The Morgan fingerprint density at radius 1 is 0.884 bits per heavy atom. The van der Waals surface area contributed by atoms with Crippen LogP contribution in [0.4, 0.5) is 22.1 Å². The first kappa shape index (κ1) is 31.1. The van der Waals surface area contributed by atoms with Gasteiger partial charge in [-0.3, -0.25) is 4.90 Å². The SMILES string of the molecule is COc1ccc(OC)c(N(C)C(=O)Oc2cc(-c3cccc(C)c3C)nc(Nc3ccc(OCCCN(C)C)cc3)n2)c1. The fourth-order valence-corrected chi connectivity index (χ4v) is 4.35. The molecule has 0 saturated heterocycles. The maximum absolute atomic E-state index is 13.3. The van der Waals surface area contributed by atoms with E-state index in [-0.39, 0.29) is 11.8 Å². The minimum absolute atomic E-state index is 0.0907. The summed E-state index contributed by atoms with van der Waals surface area (Å²) in [6.45, 7) is 5.67. The highest BCUT2D eigenvalue weighted by Gasteiger charge is 2.20. The van der Waals surface area contributed by atoms with Crippen LogP contribution >= 0.6 is 0 Å². The average Bonchev–Trinajstić information content (AvgIpc) is 3.00. The second-order valence-corrected chi connectivity index (χ2v) is 10.3. The van der Waals surface area contributed by atoms with Gasteiger partial charge in [-0.1, -0.05) is 18.2 Å². The monoisotopic (exact) mass is 585 g/mol. The Kier molecular flexibility index (Phi) is 10.4. The van der Waals surface area contributed by atoms with E-state index in [9.17, 15) is 4.79 Å². The zero-order valence-electron chi connectivity index (χ0n) is 25.8. The molecule has 0 radical (unpaired) electrons. The minimum Gasteiger partial charge on any atom is -0.497 e. The molecule has 0 saturated carbocycles. The lowest BCUT2D eigenvalue weighted by Crippen LogP contribution is -2.30. The standard InChI is InChI=1S/C33H39N5O5/c1-22-10-8-11-27(23(22)2)28-21-31(43-33(39)38(5)29-20-26(40-6)16-17-30(29)41-7)36-32(35-28)34-24-12-14-25(15-13-24)42-19-9-18-37(3)4/h8,10-17,20-21H,9,18-19H2,1-7H3,(H,34,35,36). The number of hydrogen-bond acceptors (Lipinski definition) is 9. The molecular formula is C33H39N5O5. The molecule has 0 fully saturated rings. The fraction of sp³-hybridized carbons (Fsp3) is 0.303. The molecule has 0 spiro atoms. The van der Waals surface area contributed by atoms with E-state index in [0.717, 1.165) is 41.1 Å². The number of hydrogen-bond donors (Lipinski definition) is 1. The first-order chi connectivity index (χ1) is 20.7. The van der Waals surface area contributed by atoms with Crippen molar-refractivity contribution in [2.45, 2.75) is 20.3 Å². The van der Waals surface area contributed by atoms with Crippen molar-refractivity contribution in [1.29, 1.82) is 0 Å². The van der Waals surface area contributed by atoms with E-state index in [1.165, 1.54) is 12.0 Å². The van der Waals surface area contributed by atoms with Crippen LogP contribution in [0.5, 0.6) is 23.1 Å². The van der Waals surface area contributed by atoms with Crippen LogP contribution < -0.4 is 29.2 Å². The van der Waals surface area contributed by atoms with E-state index >= 15 is 0 Å². The molecule has 0 aliphatic carbocycles. The molecule has 0 atom stereocenters. The van der Waals surface area contributed by atoms with Crippen LogP contribution in [0.15, 0.2) is 66.7 Å². The Morgan fingerprint density at radius 2 is 1.63 bits per heavy atom. The van der Waals surface area contributed by atoms with Gasteiger partial charge in [-0.15, -0.1) is 0 Å². The predicted octanol–water partition coefficient (Wildman–Crippen LogP) is 6.49. The molecule has 226 valence electrons. The molecule has 1 N–H and O–H groups in total. The molecule has 1 aromatic heterocycles. The molecule has 0 unspecified atom stereocenters. The van der Waals surface area contributed by atoms with Crippen LogP contribution in [0.25, 0.3) is 11.3 Å². The van der Waals surface area contributed by atoms with Crippen molar-refractivity contribution in [1.82, 2.24) is 14.9 Å². The number of benzene rings is 3. The molecule has 10 nitrogen and oxygen atoms in total. The van der Waals surface area contributed by atoms with Gasteiger partial charge in [-0.05, 0) is 81.9 Å². The summed E-state index contributed by atoms with van der Waals surface area (Å²) in [5, 5.41) is 3.24. The molecule has 3 aromatic carbocycles. The summed E-state index contributed by atoms with van der Waals surface area (Å²) >= 11 is 0. The Hall–Kier alpha value is -4.83. The van der Waals surface area contributed by atoms with Crippen molar-refractivity contribution in [3.8, 4) is 34.4 Å². The minimum atomic E-state index is -0.654. The molecule has 4 aromatic rings. The van der Waals surface area contributed by atoms with Crippen LogP contribution in [-0.4, -0.2) is 69.5 Å². The molecule has 10 heteroatoms. The number of carbonyl (C=O) groups excluding carboxylic acids is 1. The first-order valence-electron chi connectivity index (χ1n) is 14.0. The van der Waals surface area contributed by atoms with Gasteiger partial charge in [0.05, 0.1) is 32.2 Å². The number of rotatable bonds is 12. The number of amides is 1. The fourth-order valence-electron chi connectivity index (χ4n) is 4.35. The number of nitrogens with one attached hydrogen (secondary N) is 1. The Labute approximate surface area is 253 Å². The summed E-state index contributed by atoms with van der Waals surface area (Å²) in [5.74, 6) is 2.22. The average molecular weight is 586 g/mol. The second kappa shape index (κ2) is 14.4. The van der Waals surface area contributed by atoms with E-state index in [1.807, 2.05) is 70.4 Å². The van der Waals surface area contributed by atoms with Gasteiger partial charge >= 0.3 is 6.09 Å². The summed E-state index contributed by atoms with van der Waals surface area (Å²) in [4.78, 5) is 26.1. The second-order valence-electron chi connectivity index (χ2n) is 10.3. The number of nitrogens with zero attached hydrogens (tertiary/aromatic N) is 4. The number of carbonyl (C=O) groups is 1. The van der Waals surface area contributed by atoms with Gasteiger partial charge in [0, 0.05) is 37.0 Å². The number of anilines is 3. The zero-order chi connectivity index (χ0) is 30.9. The Balaban J connectivity index is 1.60. The smallest absolute Gasteiger partial charge is 0.420 e. The predicted molar refractivity (Wildman–Crippen MR) is 169 cm³/mol. The van der Waals surface area contributed by atoms with Crippen molar-refractivity contribution in [2.75, 3.05) is 58.7 Å². The zero-order valence-corrected chi connectivity index (χ0v) is 25.8. The Bertz CT molecular complexity index is 1540. The maximum Gasteiger partial charge on any atom is 0.420 e. The molecule has 1 amide bonds. The van der Waals surface area contributed by atoms with Crippen LogP contribution in [0.1, 0.15) is 17.5 Å². The molecule has 1 heterocycles. The van der Waals surface area contributed by atoms with Gasteiger partial charge in [0.2, 0.25) is 11.8 Å². The van der Waals surface area contributed by atoms with Crippen molar-refractivity contribution < 1.29 is 23.7 Å². The highest BCUT2D eigenvalue weighted by Crippen LogP contribution is 2.33. The van der Waals surface area contributed by atoms with Crippen molar-refractivity contribution in [3.63, 3.8) is 0 Å². The maximum atomic E-state index is 13.3. The lowest BCUT2D eigenvalue weighted by Gasteiger charge is -2.20. The van der Waals surface area contributed by atoms with Crippen molar-refractivity contribution in [3.05, 3.63) is 77.9 Å². The number of methoxy groups -OCH3 is 2. The lowest BCUT2D eigenvalue weighted by molar-refractivity contribution is 0.207. The van der Waals surface area contributed by atoms with E-state index in [0.29, 0.717) is 29.5 Å². The number of aryl methyl sites for hydroxylation is 1. The van der Waals surface area contributed by atoms with E-state index in [1.54, 1.807) is 38.4 Å². The lowest BCUT2D eigenvalue weighted by atomic mass is 10.0. The van der Waals surface area contributed by atoms with Crippen LogP contribution in [0, 0.1) is 13.8 Å². The normalized spacial score (nSPS) is 10.8. The van der Waals surface area contributed by atoms with Crippen LogP contribution in [-0.2, 0) is 0 Å². The van der Waals surface area contributed by atoms with Gasteiger partial charge in [-0.25, -0.2) is 9.78 Å². The molecule has 0 aliphatic rings. The topological polar surface area (TPSA) is 98.3 Å². The third kappa shape index (κ3) is 8.14. The Morgan fingerprint density at radius 3 is 2.33 bits per heavy atom. The molecular weight excluding hydrogens is 546 g/mol. The third-order valence-corrected chi connectivity index (χ3v) is 6.93. The highest BCUT2D eigenvalue weighted by atomic mass is 16.6. The van der Waals surface area contributed by atoms with Gasteiger partial charge in [0.1, 0.15) is 17.2 Å².